The van der Waals surface area contributed by atoms with Crippen molar-refractivity contribution >= 4 is 10.9 Å². The predicted molar refractivity (Wildman–Crippen MR) is 51.5 cm³/mol. The average molecular weight is 173 g/mol. The van der Waals surface area contributed by atoms with Crippen molar-refractivity contribution in [1.29, 1.82) is 0 Å². The molecule has 1 aromatic carbocycles. The van der Waals surface area contributed by atoms with Crippen LogP contribution in [0.1, 0.15) is 16.7 Å². The monoisotopic (exact) mass is 173 g/mol. The Labute approximate surface area is 76.8 Å². The van der Waals surface area contributed by atoms with Crippen LogP contribution >= 0.6 is 0 Å². The zero-order chi connectivity index (χ0) is 9.42. The van der Waals surface area contributed by atoms with E-state index in [1.165, 1.54) is 16.7 Å². The summed E-state index contributed by atoms with van der Waals surface area (Å²) in [6, 6.07) is 2.10. The fourth-order valence-electron chi connectivity index (χ4n) is 1.49. The van der Waals surface area contributed by atoms with Crippen LogP contribution < -0.4 is 0 Å². The summed E-state index contributed by atoms with van der Waals surface area (Å²) >= 11 is 0. The number of rotatable bonds is 0. The van der Waals surface area contributed by atoms with E-state index >= 15 is 0 Å². The molecule has 0 radical (unpaired) electrons. The number of aryl methyl sites for hydroxylation is 2. The van der Waals surface area contributed by atoms with E-state index < -0.39 is 0 Å². The smallest absolute Gasteiger partial charge is 0.0995 e. The van der Waals surface area contributed by atoms with Crippen LogP contribution in [0.25, 0.3) is 10.9 Å². The number of aromatic nitrogens is 3. The molecule has 13 heavy (non-hydrogen) atoms. The van der Waals surface area contributed by atoms with Gasteiger partial charge in [-0.2, -0.15) is 0 Å². The average Bonchev–Trinajstić information content (AvgIpc) is 2.15. The van der Waals surface area contributed by atoms with Gasteiger partial charge in [0.05, 0.1) is 11.7 Å². The maximum atomic E-state index is 4.02. The van der Waals surface area contributed by atoms with E-state index in [4.69, 9.17) is 0 Å². The predicted octanol–water partition coefficient (Wildman–Crippen LogP) is 1.95. The molecule has 0 saturated heterocycles. The molecule has 1 heterocycles. The van der Waals surface area contributed by atoms with E-state index in [2.05, 4.69) is 42.2 Å². The van der Waals surface area contributed by atoms with Gasteiger partial charge >= 0.3 is 0 Å². The summed E-state index contributed by atoms with van der Waals surface area (Å²) in [5.74, 6) is 0. The minimum Gasteiger partial charge on any atom is -0.138 e. The van der Waals surface area contributed by atoms with Gasteiger partial charge in [0.1, 0.15) is 0 Å². The van der Waals surface area contributed by atoms with E-state index in [9.17, 15) is 0 Å². The summed E-state index contributed by atoms with van der Waals surface area (Å²) in [7, 11) is 0. The molecule has 0 aliphatic carbocycles. The van der Waals surface area contributed by atoms with Gasteiger partial charge < -0.3 is 0 Å². The summed E-state index contributed by atoms with van der Waals surface area (Å²) in [5, 5.41) is 12.5. The maximum Gasteiger partial charge on any atom is 0.0995 e. The quantitative estimate of drug-likeness (QED) is 0.611. The van der Waals surface area contributed by atoms with Gasteiger partial charge in [-0.05, 0) is 48.7 Å². The van der Waals surface area contributed by atoms with Gasteiger partial charge in [0.25, 0.3) is 0 Å². The fourth-order valence-corrected chi connectivity index (χ4v) is 1.49. The van der Waals surface area contributed by atoms with Crippen LogP contribution in [0.3, 0.4) is 0 Å². The fraction of sp³-hybridized carbons (Fsp3) is 0.300. The molecule has 3 nitrogen and oxygen atoms in total. The second-order valence-corrected chi connectivity index (χ2v) is 3.32. The summed E-state index contributed by atoms with van der Waals surface area (Å²) in [4.78, 5) is 0. The van der Waals surface area contributed by atoms with Crippen LogP contribution in [0.15, 0.2) is 12.3 Å². The third-order valence-corrected chi connectivity index (χ3v) is 2.55. The zero-order valence-electron chi connectivity index (χ0n) is 8.00. The van der Waals surface area contributed by atoms with Gasteiger partial charge in [-0.25, -0.2) is 0 Å². The third-order valence-electron chi connectivity index (χ3n) is 2.55. The standard InChI is InChI=1S/C10H11N3/c1-6-4-9-5-11-13-12-10(9)8(3)7(6)2/h4-5H,1-3H3. The molecule has 0 aliphatic heterocycles. The minimum absolute atomic E-state index is 0.957. The maximum absolute atomic E-state index is 4.02. The number of hydrogen-bond acceptors (Lipinski definition) is 3. The van der Waals surface area contributed by atoms with Gasteiger partial charge in [-0.3, -0.25) is 0 Å². The van der Waals surface area contributed by atoms with Gasteiger partial charge in [0.15, 0.2) is 0 Å². The topological polar surface area (TPSA) is 38.7 Å². The van der Waals surface area contributed by atoms with Crippen molar-refractivity contribution < 1.29 is 0 Å². The molecular formula is C10H11N3. The number of nitrogens with zero attached hydrogens (tertiary/aromatic N) is 3. The van der Waals surface area contributed by atoms with Crippen molar-refractivity contribution in [1.82, 2.24) is 15.4 Å². The first-order valence-electron chi connectivity index (χ1n) is 4.25. The molecule has 0 atom stereocenters. The Morgan fingerprint density at radius 3 is 2.62 bits per heavy atom. The molecule has 2 aromatic rings. The van der Waals surface area contributed by atoms with Crippen LogP contribution in [0.4, 0.5) is 0 Å². The Balaban J connectivity index is 2.94. The van der Waals surface area contributed by atoms with Gasteiger partial charge in [0, 0.05) is 5.39 Å². The second-order valence-electron chi connectivity index (χ2n) is 3.32. The number of hydrogen-bond donors (Lipinski definition) is 0. The molecule has 1 aromatic heterocycles. The second kappa shape index (κ2) is 2.76. The molecule has 0 unspecified atom stereocenters. The van der Waals surface area contributed by atoms with E-state index in [-0.39, 0.29) is 0 Å². The van der Waals surface area contributed by atoms with Crippen LogP contribution in [0, 0.1) is 20.8 Å². The SMILES string of the molecule is Cc1cc2cnnnc2c(C)c1C. The highest BCUT2D eigenvalue weighted by Gasteiger charge is 2.04. The molecule has 0 aliphatic rings. The lowest BCUT2D eigenvalue weighted by Crippen LogP contribution is -1.94. The largest absolute Gasteiger partial charge is 0.138 e. The Morgan fingerprint density at radius 1 is 1.08 bits per heavy atom. The van der Waals surface area contributed by atoms with Crippen LogP contribution in [-0.4, -0.2) is 15.4 Å². The first-order valence-corrected chi connectivity index (χ1v) is 4.25. The van der Waals surface area contributed by atoms with Gasteiger partial charge in [0.2, 0.25) is 0 Å². The number of benzene rings is 1. The summed E-state index contributed by atoms with van der Waals surface area (Å²) in [6.07, 6.45) is 1.75. The lowest BCUT2D eigenvalue weighted by atomic mass is 10.0. The Hall–Kier alpha value is -1.51. The van der Waals surface area contributed by atoms with Crippen molar-refractivity contribution in [2.24, 2.45) is 0 Å². The highest BCUT2D eigenvalue weighted by molar-refractivity contribution is 5.82. The molecule has 3 heteroatoms. The zero-order valence-corrected chi connectivity index (χ0v) is 8.00. The van der Waals surface area contributed by atoms with E-state index in [1.807, 2.05) is 0 Å². The van der Waals surface area contributed by atoms with Crippen LogP contribution in [0.2, 0.25) is 0 Å². The van der Waals surface area contributed by atoms with Crippen LogP contribution in [0.5, 0.6) is 0 Å². The minimum atomic E-state index is 0.957. The lowest BCUT2D eigenvalue weighted by molar-refractivity contribution is 0.892. The van der Waals surface area contributed by atoms with E-state index in [0.717, 1.165) is 10.9 Å². The van der Waals surface area contributed by atoms with Crippen molar-refractivity contribution in [2.75, 3.05) is 0 Å². The molecule has 0 N–H and O–H groups in total. The molecule has 2 rings (SSSR count). The summed E-state index contributed by atoms with van der Waals surface area (Å²) in [6.45, 7) is 6.27. The Morgan fingerprint density at radius 2 is 1.85 bits per heavy atom. The first kappa shape index (κ1) is 8.10. The lowest BCUT2D eigenvalue weighted by Gasteiger charge is -2.06. The van der Waals surface area contributed by atoms with Crippen molar-refractivity contribution in [3.8, 4) is 0 Å². The highest BCUT2D eigenvalue weighted by atomic mass is 15.3. The van der Waals surface area contributed by atoms with E-state index in [1.54, 1.807) is 6.20 Å². The van der Waals surface area contributed by atoms with Crippen molar-refractivity contribution in [3.63, 3.8) is 0 Å². The molecule has 0 bridgehead atoms. The Bertz CT molecular complexity index is 463. The van der Waals surface area contributed by atoms with Gasteiger partial charge in [-0.15, -0.1) is 10.2 Å². The molecule has 0 amide bonds. The van der Waals surface area contributed by atoms with E-state index in [0.29, 0.717) is 0 Å². The normalized spacial score (nSPS) is 10.7. The summed E-state index contributed by atoms with van der Waals surface area (Å²) in [5.41, 5.74) is 4.72. The molecule has 66 valence electrons. The van der Waals surface area contributed by atoms with Crippen molar-refractivity contribution in [2.45, 2.75) is 20.8 Å². The Kier molecular flexibility index (Phi) is 1.72. The molecule has 0 spiro atoms. The van der Waals surface area contributed by atoms with Gasteiger partial charge in [-0.1, -0.05) is 0 Å². The van der Waals surface area contributed by atoms with Crippen LogP contribution in [-0.2, 0) is 0 Å². The molecule has 0 fully saturated rings. The summed E-state index contributed by atoms with van der Waals surface area (Å²) < 4.78 is 0. The molecule has 0 saturated carbocycles. The van der Waals surface area contributed by atoms with Crippen molar-refractivity contribution in [3.05, 3.63) is 29.0 Å². The number of fused-ring (bicyclic) bond motifs is 1. The highest BCUT2D eigenvalue weighted by Crippen LogP contribution is 2.21. The third kappa shape index (κ3) is 1.16. The molecular weight excluding hydrogens is 162 g/mol. The first-order chi connectivity index (χ1) is 6.20.